The zero-order valence-corrected chi connectivity index (χ0v) is 18.8. The minimum Gasteiger partial charge on any atom is -0.507 e. The van der Waals surface area contributed by atoms with Crippen molar-refractivity contribution in [2.75, 3.05) is 14.2 Å². The second-order valence-electron chi connectivity index (χ2n) is 7.41. The Morgan fingerprint density at radius 3 is 1.82 bits per heavy atom. The van der Waals surface area contributed by atoms with E-state index in [9.17, 15) is 10.2 Å². The van der Waals surface area contributed by atoms with Crippen molar-refractivity contribution >= 4 is 23.8 Å². The van der Waals surface area contributed by atoms with Crippen LogP contribution in [0.5, 0.6) is 23.0 Å². The molecule has 6 heteroatoms. The van der Waals surface area contributed by atoms with Crippen LogP contribution in [0.15, 0.2) is 94.9 Å². The van der Waals surface area contributed by atoms with Gasteiger partial charge in [-0.3, -0.25) is 9.98 Å². The van der Waals surface area contributed by atoms with Gasteiger partial charge in [0.15, 0.2) is 0 Å². The summed E-state index contributed by atoms with van der Waals surface area (Å²) in [6, 6.07) is 25.3. The normalized spacial score (nSPS) is 11.2. The first kappa shape index (κ1) is 22.6. The number of aromatic hydroxyl groups is 2. The number of hydrogen-bond acceptors (Lipinski definition) is 6. The number of rotatable bonds is 7. The van der Waals surface area contributed by atoms with E-state index in [2.05, 4.69) is 9.98 Å². The third kappa shape index (κ3) is 5.07. The average molecular weight is 453 g/mol. The minimum atomic E-state index is 0.0942. The van der Waals surface area contributed by atoms with Crippen LogP contribution in [-0.4, -0.2) is 36.9 Å². The SMILES string of the molecule is COc1cc(OC)cc(-c2cccc(C=Nc3ccccc3N=Cc3ccccc3O)c2O)c1. The van der Waals surface area contributed by atoms with Crippen molar-refractivity contribution in [2.24, 2.45) is 9.98 Å². The fourth-order valence-corrected chi connectivity index (χ4v) is 3.42. The van der Waals surface area contributed by atoms with Crippen LogP contribution in [0, 0.1) is 0 Å². The van der Waals surface area contributed by atoms with Crippen molar-refractivity contribution < 1.29 is 19.7 Å². The van der Waals surface area contributed by atoms with E-state index in [1.54, 1.807) is 57.0 Å². The number of methoxy groups -OCH3 is 2. The first-order valence-electron chi connectivity index (χ1n) is 10.6. The Bertz CT molecular complexity index is 1340. The number of benzene rings is 4. The summed E-state index contributed by atoms with van der Waals surface area (Å²) in [6.07, 6.45) is 3.20. The highest BCUT2D eigenvalue weighted by molar-refractivity contribution is 5.92. The molecule has 4 aromatic carbocycles. The summed E-state index contributed by atoms with van der Waals surface area (Å²) in [7, 11) is 3.17. The maximum atomic E-state index is 11.0. The molecule has 0 unspecified atom stereocenters. The highest BCUT2D eigenvalue weighted by Gasteiger charge is 2.11. The third-order valence-electron chi connectivity index (χ3n) is 5.23. The van der Waals surface area contributed by atoms with Gasteiger partial charge in [-0.05, 0) is 48.0 Å². The van der Waals surface area contributed by atoms with Crippen LogP contribution in [0.4, 0.5) is 11.4 Å². The topological polar surface area (TPSA) is 83.6 Å². The zero-order chi connectivity index (χ0) is 23.9. The molecule has 170 valence electrons. The van der Waals surface area contributed by atoms with Crippen LogP contribution < -0.4 is 9.47 Å². The molecule has 6 nitrogen and oxygen atoms in total. The van der Waals surface area contributed by atoms with Gasteiger partial charge in [-0.15, -0.1) is 0 Å². The van der Waals surface area contributed by atoms with Gasteiger partial charge in [-0.2, -0.15) is 0 Å². The first-order valence-corrected chi connectivity index (χ1v) is 10.6. The van der Waals surface area contributed by atoms with Gasteiger partial charge < -0.3 is 19.7 Å². The summed E-state index contributed by atoms with van der Waals surface area (Å²) in [5.74, 6) is 1.51. The fourth-order valence-electron chi connectivity index (χ4n) is 3.42. The quantitative estimate of drug-likeness (QED) is 0.323. The Hall–Kier alpha value is -4.58. The molecule has 0 bridgehead atoms. The molecule has 0 radical (unpaired) electrons. The van der Waals surface area contributed by atoms with Gasteiger partial charge in [0.1, 0.15) is 23.0 Å². The number of aliphatic imine (C=N–C) groups is 2. The van der Waals surface area contributed by atoms with Crippen molar-refractivity contribution in [3.63, 3.8) is 0 Å². The van der Waals surface area contributed by atoms with E-state index in [1.807, 2.05) is 54.6 Å². The van der Waals surface area contributed by atoms with Gasteiger partial charge in [-0.25, -0.2) is 0 Å². The van der Waals surface area contributed by atoms with Crippen molar-refractivity contribution in [2.45, 2.75) is 0 Å². The Balaban J connectivity index is 1.66. The maximum Gasteiger partial charge on any atom is 0.132 e. The standard InChI is InChI=1S/C28H24N2O4/c1-33-22-14-21(15-23(16-22)34-2)24-10-7-9-20(28(24)32)18-30-26-12-5-4-11-25(26)29-17-19-8-3-6-13-27(19)31/h3-18,31-32H,1-2H3. The molecular formula is C28H24N2O4. The van der Waals surface area contributed by atoms with Gasteiger partial charge in [0, 0.05) is 35.2 Å². The summed E-state index contributed by atoms with van der Waals surface area (Å²) in [5, 5.41) is 20.9. The molecule has 2 N–H and O–H groups in total. The molecule has 0 aliphatic heterocycles. The molecule has 0 saturated carbocycles. The molecule has 0 saturated heterocycles. The van der Waals surface area contributed by atoms with E-state index in [0.29, 0.717) is 39.6 Å². The highest BCUT2D eigenvalue weighted by atomic mass is 16.5. The maximum absolute atomic E-state index is 11.0. The molecular weight excluding hydrogens is 428 g/mol. The largest absolute Gasteiger partial charge is 0.507 e. The fraction of sp³-hybridized carbons (Fsp3) is 0.0714. The van der Waals surface area contributed by atoms with Gasteiger partial charge in [0.05, 0.1) is 25.6 Å². The van der Waals surface area contributed by atoms with Crippen molar-refractivity contribution in [1.29, 1.82) is 0 Å². The van der Waals surface area contributed by atoms with Crippen molar-refractivity contribution in [3.05, 3.63) is 96.1 Å². The summed E-state index contributed by atoms with van der Waals surface area (Å²) in [4.78, 5) is 9.05. The highest BCUT2D eigenvalue weighted by Crippen LogP contribution is 2.36. The first-order chi connectivity index (χ1) is 16.6. The Kier molecular flexibility index (Phi) is 6.89. The van der Waals surface area contributed by atoms with Gasteiger partial charge >= 0.3 is 0 Å². The number of hydrogen-bond donors (Lipinski definition) is 2. The lowest BCUT2D eigenvalue weighted by atomic mass is 10.0. The number of nitrogens with zero attached hydrogens (tertiary/aromatic N) is 2. The van der Waals surface area contributed by atoms with Crippen LogP contribution in [0.2, 0.25) is 0 Å². The van der Waals surface area contributed by atoms with Gasteiger partial charge in [0.2, 0.25) is 0 Å². The second-order valence-corrected chi connectivity index (χ2v) is 7.41. The number of para-hydroxylation sites is 4. The molecule has 0 atom stereocenters. The number of phenols is 2. The Morgan fingerprint density at radius 2 is 1.21 bits per heavy atom. The van der Waals surface area contributed by atoms with Gasteiger partial charge in [0.25, 0.3) is 0 Å². The van der Waals surface area contributed by atoms with Crippen LogP contribution in [0.25, 0.3) is 11.1 Å². The molecule has 0 amide bonds. The predicted molar refractivity (Wildman–Crippen MR) is 136 cm³/mol. The summed E-state index contributed by atoms with van der Waals surface area (Å²) < 4.78 is 10.7. The molecule has 0 aliphatic carbocycles. The van der Waals surface area contributed by atoms with E-state index >= 15 is 0 Å². The molecule has 4 rings (SSSR count). The predicted octanol–water partition coefficient (Wildman–Crippen LogP) is 6.28. The van der Waals surface area contributed by atoms with Crippen molar-refractivity contribution in [3.8, 4) is 34.1 Å². The third-order valence-corrected chi connectivity index (χ3v) is 5.23. The smallest absolute Gasteiger partial charge is 0.132 e. The molecule has 34 heavy (non-hydrogen) atoms. The summed E-state index contributed by atoms with van der Waals surface area (Å²) >= 11 is 0. The van der Waals surface area contributed by atoms with Crippen LogP contribution >= 0.6 is 0 Å². The van der Waals surface area contributed by atoms with E-state index in [-0.39, 0.29) is 11.5 Å². The van der Waals surface area contributed by atoms with E-state index in [0.717, 1.165) is 5.56 Å². The molecule has 0 aromatic heterocycles. The average Bonchev–Trinajstić information content (AvgIpc) is 2.87. The zero-order valence-electron chi connectivity index (χ0n) is 18.8. The van der Waals surface area contributed by atoms with Crippen LogP contribution in [0.1, 0.15) is 11.1 Å². The Morgan fingerprint density at radius 1 is 0.647 bits per heavy atom. The molecule has 0 spiro atoms. The molecule has 0 aliphatic rings. The summed E-state index contributed by atoms with van der Waals surface area (Å²) in [5.41, 5.74) is 3.82. The monoisotopic (exact) mass is 452 g/mol. The van der Waals surface area contributed by atoms with E-state index in [1.165, 1.54) is 0 Å². The van der Waals surface area contributed by atoms with Gasteiger partial charge in [-0.1, -0.05) is 36.4 Å². The molecule has 0 fully saturated rings. The molecule has 4 aromatic rings. The molecule has 0 heterocycles. The minimum absolute atomic E-state index is 0.0942. The second kappa shape index (κ2) is 10.4. The van der Waals surface area contributed by atoms with Crippen LogP contribution in [0.3, 0.4) is 0 Å². The lowest BCUT2D eigenvalue weighted by Gasteiger charge is -2.11. The Labute approximate surface area is 198 Å². The van der Waals surface area contributed by atoms with E-state index in [4.69, 9.17) is 9.47 Å². The lowest BCUT2D eigenvalue weighted by molar-refractivity contribution is 0.394. The number of ether oxygens (including phenoxy) is 2. The van der Waals surface area contributed by atoms with Crippen molar-refractivity contribution in [1.82, 2.24) is 0 Å². The lowest BCUT2D eigenvalue weighted by Crippen LogP contribution is -1.91. The van der Waals surface area contributed by atoms with E-state index < -0.39 is 0 Å². The summed E-state index contributed by atoms with van der Waals surface area (Å²) in [6.45, 7) is 0. The van der Waals surface area contributed by atoms with Crippen LogP contribution in [-0.2, 0) is 0 Å². The number of phenolic OH excluding ortho intramolecular Hbond substituents is 2.